The van der Waals surface area contributed by atoms with E-state index in [0.717, 1.165) is 6.42 Å². The summed E-state index contributed by atoms with van der Waals surface area (Å²) in [4.78, 5) is 25.5. The average Bonchev–Trinajstić information content (AvgIpc) is 2.71. The summed E-state index contributed by atoms with van der Waals surface area (Å²) in [5, 5.41) is 13.6. The van der Waals surface area contributed by atoms with E-state index in [-0.39, 0.29) is 24.8 Å². The van der Waals surface area contributed by atoms with Gasteiger partial charge in [-0.25, -0.2) is 18.0 Å². The van der Waals surface area contributed by atoms with E-state index >= 15 is 0 Å². The van der Waals surface area contributed by atoms with Crippen molar-refractivity contribution >= 4 is 12.1 Å². The number of halogens is 5. The SMILES string of the molecule is CC(C)(C)OC(=O)NC[C@H](C(=O)Oc1c(F)c(F)c(F)c(F)c1F)C12CC3CC(CC(O)(C3)C1)C2. The summed E-state index contributed by atoms with van der Waals surface area (Å²) >= 11 is 0. The summed E-state index contributed by atoms with van der Waals surface area (Å²) in [6.07, 6.45) is 2.32. The molecule has 2 N–H and O–H groups in total. The molecule has 0 radical (unpaired) electrons. The van der Waals surface area contributed by atoms with Gasteiger partial charge in [-0.05, 0) is 76.5 Å². The maximum atomic E-state index is 14.2. The summed E-state index contributed by atoms with van der Waals surface area (Å²) in [5.74, 6) is -15.3. The lowest BCUT2D eigenvalue weighted by Gasteiger charge is -2.61. The van der Waals surface area contributed by atoms with Gasteiger partial charge in [0.2, 0.25) is 34.8 Å². The maximum absolute atomic E-state index is 14.2. The number of alkyl carbamates (subject to hydrolysis) is 1. The Balaban J connectivity index is 1.65. The van der Waals surface area contributed by atoms with Crippen LogP contribution >= 0.6 is 0 Å². The van der Waals surface area contributed by atoms with E-state index in [9.17, 15) is 36.6 Å². The molecule has 4 aliphatic rings. The van der Waals surface area contributed by atoms with Crippen LogP contribution in [0.3, 0.4) is 0 Å². The summed E-state index contributed by atoms with van der Waals surface area (Å²) in [5.41, 5.74) is -2.75. The van der Waals surface area contributed by atoms with E-state index in [0.29, 0.717) is 25.7 Å². The molecule has 1 aromatic rings. The van der Waals surface area contributed by atoms with E-state index < -0.39 is 69.4 Å². The second-order valence-corrected chi connectivity index (χ2v) is 11.3. The Bertz CT molecular complexity index is 1010. The molecule has 194 valence electrons. The molecular formula is C24H28F5NO5. The molecule has 1 aromatic carbocycles. The Morgan fingerprint density at radius 2 is 1.49 bits per heavy atom. The van der Waals surface area contributed by atoms with Crippen molar-refractivity contribution in [3.05, 3.63) is 29.1 Å². The van der Waals surface area contributed by atoms with Gasteiger partial charge in [-0.3, -0.25) is 4.79 Å². The molecule has 4 aliphatic carbocycles. The summed E-state index contributed by atoms with van der Waals surface area (Å²) in [7, 11) is 0. The molecule has 4 bridgehead atoms. The molecule has 5 rings (SSSR count). The van der Waals surface area contributed by atoms with E-state index in [4.69, 9.17) is 9.47 Å². The normalized spacial score (nSPS) is 30.2. The van der Waals surface area contributed by atoms with E-state index in [1.807, 2.05) is 0 Å². The summed E-state index contributed by atoms with van der Waals surface area (Å²) in [6, 6.07) is 0. The quantitative estimate of drug-likeness (QED) is 0.198. The molecule has 4 fully saturated rings. The number of nitrogens with one attached hydrogen (secondary N) is 1. The van der Waals surface area contributed by atoms with Gasteiger partial charge < -0.3 is 19.9 Å². The minimum atomic E-state index is -2.37. The molecule has 0 saturated heterocycles. The lowest BCUT2D eigenvalue weighted by molar-refractivity contribution is -0.189. The van der Waals surface area contributed by atoms with Crippen molar-refractivity contribution in [1.29, 1.82) is 0 Å². The predicted molar refractivity (Wildman–Crippen MR) is 112 cm³/mol. The lowest BCUT2D eigenvalue weighted by Crippen LogP contribution is -2.60. The zero-order chi connectivity index (χ0) is 25.9. The molecule has 4 saturated carbocycles. The largest absolute Gasteiger partial charge is 0.444 e. The van der Waals surface area contributed by atoms with Gasteiger partial charge >= 0.3 is 12.1 Å². The molecule has 2 unspecified atom stereocenters. The van der Waals surface area contributed by atoms with Crippen LogP contribution in [-0.4, -0.2) is 34.9 Å². The van der Waals surface area contributed by atoms with Crippen LogP contribution in [0, 0.1) is 52.3 Å². The fourth-order valence-corrected chi connectivity index (χ4v) is 6.59. The number of ether oxygens (including phenoxy) is 2. The minimum absolute atomic E-state index is 0.104. The van der Waals surface area contributed by atoms with Crippen LogP contribution in [0.25, 0.3) is 0 Å². The predicted octanol–water partition coefficient (Wildman–Crippen LogP) is 4.76. The third-order valence-corrected chi connectivity index (χ3v) is 7.32. The Morgan fingerprint density at radius 1 is 0.971 bits per heavy atom. The van der Waals surface area contributed by atoms with Crippen LogP contribution in [0.15, 0.2) is 0 Å². The zero-order valence-electron chi connectivity index (χ0n) is 19.7. The summed E-state index contributed by atoms with van der Waals surface area (Å²) in [6.45, 7) is 4.54. The molecule has 3 atom stereocenters. The number of hydrogen-bond donors (Lipinski definition) is 2. The van der Waals surface area contributed by atoms with Crippen molar-refractivity contribution in [1.82, 2.24) is 5.32 Å². The molecule has 11 heteroatoms. The zero-order valence-corrected chi connectivity index (χ0v) is 19.7. The minimum Gasteiger partial charge on any atom is -0.444 e. The van der Waals surface area contributed by atoms with Gasteiger partial charge in [0.1, 0.15) is 5.60 Å². The van der Waals surface area contributed by atoms with Crippen molar-refractivity contribution in [2.75, 3.05) is 6.54 Å². The van der Waals surface area contributed by atoms with Gasteiger partial charge in [0.25, 0.3) is 0 Å². The highest BCUT2D eigenvalue weighted by Gasteiger charge is 2.61. The van der Waals surface area contributed by atoms with E-state index in [1.165, 1.54) is 0 Å². The van der Waals surface area contributed by atoms with Crippen LogP contribution < -0.4 is 10.1 Å². The number of benzene rings is 1. The van der Waals surface area contributed by atoms with Crippen LogP contribution in [0.4, 0.5) is 26.7 Å². The topological polar surface area (TPSA) is 84.9 Å². The highest BCUT2D eigenvalue weighted by Crippen LogP contribution is 2.64. The van der Waals surface area contributed by atoms with E-state index in [1.54, 1.807) is 20.8 Å². The lowest BCUT2D eigenvalue weighted by atomic mass is 9.45. The van der Waals surface area contributed by atoms with Crippen molar-refractivity contribution in [3.8, 4) is 5.75 Å². The fraction of sp³-hybridized carbons (Fsp3) is 0.667. The van der Waals surface area contributed by atoms with Gasteiger partial charge in [-0.15, -0.1) is 0 Å². The molecule has 0 aromatic heterocycles. The molecule has 0 spiro atoms. The van der Waals surface area contributed by atoms with Crippen molar-refractivity contribution < 1.29 is 46.1 Å². The van der Waals surface area contributed by atoms with Crippen molar-refractivity contribution in [2.24, 2.45) is 23.2 Å². The smallest absolute Gasteiger partial charge is 0.407 e. The fourth-order valence-electron chi connectivity index (χ4n) is 6.59. The first kappa shape index (κ1) is 25.7. The van der Waals surface area contributed by atoms with Gasteiger partial charge in [0.15, 0.2) is 0 Å². The van der Waals surface area contributed by atoms with Crippen LogP contribution in [0.5, 0.6) is 5.75 Å². The first-order chi connectivity index (χ1) is 16.1. The standard InChI is InChI=1S/C24H28F5NO5/c1-22(2,3)35-21(32)30-9-13(23-5-11-4-12(6-23)8-24(33,7-11)10-23)20(31)34-19-17(28)15(26)14(25)16(27)18(19)29/h11-13,33H,4-10H2,1-3H3,(H,30,32)/t11?,12?,13-,23?,24?/m1/s1. The van der Waals surface area contributed by atoms with Crippen molar-refractivity contribution in [2.45, 2.75) is 70.5 Å². The highest BCUT2D eigenvalue weighted by atomic mass is 19.2. The number of aliphatic hydroxyl groups is 1. The first-order valence-corrected chi connectivity index (χ1v) is 11.6. The molecule has 0 aliphatic heterocycles. The number of hydrogen-bond acceptors (Lipinski definition) is 5. The highest BCUT2D eigenvalue weighted by molar-refractivity contribution is 5.78. The average molecular weight is 505 g/mol. The Kier molecular flexibility index (Phi) is 6.30. The monoisotopic (exact) mass is 505 g/mol. The molecule has 1 amide bonds. The number of rotatable bonds is 5. The van der Waals surface area contributed by atoms with Crippen LogP contribution in [0.2, 0.25) is 0 Å². The number of esters is 1. The number of carbonyl (C=O) groups excluding carboxylic acids is 2. The Morgan fingerprint density at radius 3 is 1.97 bits per heavy atom. The molecule has 35 heavy (non-hydrogen) atoms. The number of carbonyl (C=O) groups is 2. The third-order valence-electron chi connectivity index (χ3n) is 7.32. The van der Waals surface area contributed by atoms with Gasteiger partial charge in [-0.1, -0.05) is 0 Å². The number of amides is 1. The molecule has 6 nitrogen and oxygen atoms in total. The molecule has 0 heterocycles. The van der Waals surface area contributed by atoms with Gasteiger partial charge in [0.05, 0.1) is 11.5 Å². The van der Waals surface area contributed by atoms with E-state index in [2.05, 4.69) is 5.32 Å². The second kappa shape index (κ2) is 8.60. The van der Waals surface area contributed by atoms with Gasteiger partial charge in [-0.2, -0.15) is 8.78 Å². The van der Waals surface area contributed by atoms with Crippen LogP contribution in [-0.2, 0) is 9.53 Å². The first-order valence-electron chi connectivity index (χ1n) is 11.6. The summed E-state index contributed by atoms with van der Waals surface area (Å²) < 4.78 is 79.2. The van der Waals surface area contributed by atoms with Crippen molar-refractivity contribution in [3.63, 3.8) is 0 Å². The van der Waals surface area contributed by atoms with Gasteiger partial charge in [0, 0.05) is 6.54 Å². The Labute approximate surface area is 199 Å². The Hall–Kier alpha value is -2.43. The molecular weight excluding hydrogens is 477 g/mol. The van der Waals surface area contributed by atoms with Crippen LogP contribution in [0.1, 0.15) is 59.3 Å². The third kappa shape index (κ3) is 4.83. The maximum Gasteiger partial charge on any atom is 0.407 e. The second-order valence-electron chi connectivity index (χ2n) is 11.3.